The first kappa shape index (κ1) is 16.9. The minimum atomic E-state index is -0.391. The highest BCUT2D eigenvalue weighted by molar-refractivity contribution is 5.98. The van der Waals surface area contributed by atoms with Crippen LogP contribution < -0.4 is 10.6 Å². The normalized spacial score (nSPS) is 24.5. The van der Waals surface area contributed by atoms with Crippen molar-refractivity contribution >= 4 is 17.5 Å². The van der Waals surface area contributed by atoms with Crippen LogP contribution in [-0.2, 0) is 14.3 Å². The van der Waals surface area contributed by atoms with Gasteiger partial charge in [0.2, 0.25) is 5.91 Å². The lowest BCUT2D eigenvalue weighted by Crippen LogP contribution is -2.53. The van der Waals surface area contributed by atoms with Gasteiger partial charge in [-0.05, 0) is 25.1 Å². The zero-order valence-electron chi connectivity index (χ0n) is 13.8. The van der Waals surface area contributed by atoms with Crippen LogP contribution in [0.15, 0.2) is 24.3 Å². The number of carbonyl (C=O) groups is 2. The number of ether oxygens (including phenoxy) is 2. The van der Waals surface area contributed by atoms with Gasteiger partial charge in [0.15, 0.2) is 0 Å². The van der Waals surface area contributed by atoms with Gasteiger partial charge >= 0.3 is 0 Å². The summed E-state index contributed by atoms with van der Waals surface area (Å²) in [4.78, 5) is 26.7. The summed E-state index contributed by atoms with van der Waals surface area (Å²) in [5.41, 5.74) is 1.18. The molecule has 0 unspecified atom stereocenters. The van der Waals surface area contributed by atoms with Crippen molar-refractivity contribution in [2.45, 2.75) is 19.1 Å². The summed E-state index contributed by atoms with van der Waals surface area (Å²) in [5.74, 6) is -0.194. The summed E-state index contributed by atoms with van der Waals surface area (Å²) in [6, 6.07) is 6.64. The largest absolute Gasteiger partial charge is 0.378 e. The molecule has 2 heterocycles. The topological polar surface area (TPSA) is 79.9 Å². The summed E-state index contributed by atoms with van der Waals surface area (Å²) < 4.78 is 10.8. The van der Waals surface area contributed by atoms with E-state index < -0.39 is 6.04 Å². The Morgan fingerprint density at radius 3 is 2.79 bits per heavy atom. The highest BCUT2D eigenvalue weighted by Crippen LogP contribution is 2.15. The van der Waals surface area contributed by atoms with Crippen LogP contribution in [-0.4, -0.2) is 68.3 Å². The smallest absolute Gasteiger partial charge is 0.254 e. The van der Waals surface area contributed by atoms with E-state index in [0.717, 1.165) is 0 Å². The summed E-state index contributed by atoms with van der Waals surface area (Å²) in [6.45, 7) is 5.44. The first-order chi connectivity index (χ1) is 11.6. The van der Waals surface area contributed by atoms with E-state index in [0.29, 0.717) is 50.7 Å². The maximum atomic E-state index is 12.5. The molecule has 2 N–H and O–H groups in total. The molecular formula is C17H23N3O4. The van der Waals surface area contributed by atoms with E-state index in [1.165, 1.54) is 0 Å². The van der Waals surface area contributed by atoms with Gasteiger partial charge in [0, 0.05) is 30.9 Å². The van der Waals surface area contributed by atoms with Crippen LogP contribution in [0.4, 0.5) is 5.69 Å². The SMILES string of the molecule is C[C@H]1OCCN[C@@H]1C(=O)Nc1cccc(C(=O)N2CCOCC2)c1. The summed E-state index contributed by atoms with van der Waals surface area (Å²) in [6.07, 6.45) is -0.183. The van der Waals surface area contributed by atoms with E-state index >= 15 is 0 Å². The first-order valence-electron chi connectivity index (χ1n) is 8.28. The fourth-order valence-electron chi connectivity index (χ4n) is 2.93. The molecule has 2 saturated heterocycles. The molecule has 2 amide bonds. The predicted molar refractivity (Wildman–Crippen MR) is 89.0 cm³/mol. The van der Waals surface area contributed by atoms with Crippen LogP contribution >= 0.6 is 0 Å². The Morgan fingerprint density at radius 2 is 2.04 bits per heavy atom. The number of carbonyl (C=O) groups excluding carboxylic acids is 2. The van der Waals surface area contributed by atoms with E-state index in [9.17, 15) is 9.59 Å². The number of amides is 2. The summed E-state index contributed by atoms with van der Waals surface area (Å²) in [5, 5.41) is 6.02. The third-order valence-electron chi connectivity index (χ3n) is 4.27. The standard InChI is InChI=1S/C17H23N3O4/c1-12-15(18-5-8-24-12)16(21)19-14-4-2-3-13(11-14)17(22)20-6-9-23-10-7-20/h2-4,11-12,15,18H,5-10H2,1H3,(H,19,21)/t12-,15+/m1/s1. The van der Waals surface area contributed by atoms with Gasteiger partial charge in [-0.3, -0.25) is 9.59 Å². The molecule has 3 rings (SSSR count). The van der Waals surface area contributed by atoms with Gasteiger partial charge in [0.05, 0.1) is 25.9 Å². The molecule has 7 heteroatoms. The van der Waals surface area contributed by atoms with E-state index in [2.05, 4.69) is 10.6 Å². The Balaban J connectivity index is 1.66. The molecule has 2 aliphatic heterocycles. The molecule has 1 aromatic rings. The quantitative estimate of drug-likeness (QED) is 0.841. The van der Waals surface area contributed by atoms with E-state index in [1.807, 2.05) is 6.92 Å². The second kappa shape index (κ2) is 7.74. The van der Waals surface area contributed by atoms with Crippen LogP contribution in [0.2, 0.25) is 0 Å². The molecule has 7 nitrogen and oxygen atoms in total. The third-order valence-corrected chi connectivity index (χ3v) is 4.27. The zero-order chi connectivity index (χ0) is 16.9. The van der Waals surface area contributed by atoms with Gasteiger partial charge in [-0.15, -0.1) is 0 Å². The van der Waals surface area contributed by atoms with Crippen LogP contribution in [0, 0.1) is 0 Å². The number of nitrogens with zero attached hydrogens (tertiary/aromatic N) is 1. The van der Waals surface area contributed by atoms with Crippen molar-refractivity contribution in [3.8, 4) is 0 Å². The monoisotopic (exact) mass is 333 g/mol. The van der Waals surface area contributed by atoms with E-state index in [-0.39, 0.29) is 17.9 Å². The van der Waals surface area contributed by atoms with Crippen molar-refractivity contribution in [3.63, 3.8) is 0 Å². The molecule has 24 heavy (non-hydrogen) atoms. The highest BCUT2D eigenvalue weighted by atomic mass is 16.5. The molecule has 2 atom stereocenters. The van der Waals surface area contributed by atoms with Crippen molar-refractivity contribution in [1.29, 1.82) is 0 Å². The summed E-state index contributed by atoms with van der Waals surface area (Å²) in [7, 11) is 0. The Kier molecular flexibility index (Phi) is 5.44. The second-order valence-corrected chi connectivity index (χ2v) is 5.98. The minimum Gasteiger partial charge on any atom is -0.378 e. The van der Waals surface area contributed by atoms with E-state index in [4.69, 9.17) is 9.47 Å². The van der Waals surface area contributed by atoms with Crippen molar-refractivity contribution in [2.75, 3.05) is 44.8 Å². The van der Waals surface area contributed by atoms with Crippen molar-refractivity contribution < 1.29 is 19.1 Å². The molecule has 0 radical (unpaired) electrons. The predicted octanol–water partition coefficient (Wildman–Crippen LogP) is 0.474. The highest BCUT2D eigenvalue weighted by Gasteiger charge is 2.28. The lowest BCUT2D eigenvalue weighted by atomic mass is 10.1. The number of rotatable bonds is 3. The molecule has 130 valence electrons. The number of anilines is 1. The number of benzene rings is 1. The molecule has 1 aromatic carbocycles. The average molecular weight is 333 g/mol. The van der Waals surface area contributed by atoms with Gasteiger partial charge < -0.3 is 25.0 Å². The lowest BCUT2D eigenvalue weighted by molar-refractivity contribution is -0.123. The number of nitrogens with one attached hydrogen (secondary N) is 2. The van der Waals surface area contributed by atoms with Gasteiger partial charge in [-0.1, -0.05) is 6.07 Å². The van der Waals surface area contributed by atoms with Gasteiger partial charge in [0.25, 0.3) is 5.91 Å². The Bertz CT molecular complexity index is 601. The average Bonchev–Trinajstić information content (AvgIpc) is 2.62. The van der Waals surface area contributed by atoms with Crippen LogP contribution in [0.5, 0.6) is 0 Å². The molecule has 0 aromatic heterocycles. The Morgan fingerprint density at radius 1 is 1.25 bits per heavy atom. The molecule has 2 aliphatic rings. The number of hydrogen-bond acceptors (Lipinski definition) is 5. The molecule has 2 fully saturated rings. The van der Waals surface area contributed by atoms with Crippen molar-refractivity contribution in [3.05, 3.63) is 29.8 Å². The maximum absolute atomic E-state index is 12.5. The van der Waals surface area contributed by atoms with Crippen LogP contribution in [0.1, 0.15) is 17.3 Å². The van der Waals surface area contributed by atoms with Gasteiger partial charge in [-0.25, -0.2) is 0 Å². The fourth-order valence-corrected chi connectivity index (χ4v) is 2.93. The number of morpholine rings is 2. The lowest BCUT2D eigenvalue weighted by Gasteiger charge is -2.29. The van der Waals surface area contributed by atoms with E-state index in [1.54, 1.807) is 29.2 Å². The van der Waals surface area contributed by atoms with Crippen molar-refractivity contribution in [1.82, 2.24) is 10.2 Å². The Labute approximate surface area is 141 Å². The first-order valence-corrected chi connectivity index (χ1v) is 8.28. The zero-order valence-corrected chi connectivity index (χ0v) is 13.8. The second-order valence-electron chi connectivity index (χ2n) is 5.98. The molecular weight excluding hydrogens is 310 g/mol. The number of hydrogen-bond donors (Lipinski definition) is 2. The molecule has 0 spiro atoms. The fraction of sp³-hybridized carbons (Fsp3) is 0.529. The minimum absolute atomic E-state index is 0.0399. The molecule has 0 saturated carbocycles. The van der Waals surface area contributed by atoms with Gasteiger partial charge in [-0.2, -0.15) is 0 Å². The maximum Gasteiger partial charge on any atom is 0.254 e. The summed E-state index contributed by atoms with van der Waals surface area (Å²) >= 11 is 0. The molecule has 0 aliphatic carbocycles. The van der Waals surface area contributed by atoms with Crippen LogP contribution in [0.3, 0.4) is 0 Å². The Hall–Kier alpha value is -1.96. The van der Waals surface area contributed by atoms with Gasteiger partial charge in [0.1, 0.15) is 6.04 Å². The molecule has 0 bridgehead atoms. The third kappa shape index (κ3) is 3.92. The van der Waals surface area contributed by atoms with Crippen molar-refractivity contribution in [2.24, 2.45) is 0 Å². The van der Waals surface area contributed by atoms with Crippen LogP contribution in [0.25, 0.3) is 0 Å².